The van der Waals surface area contributed by atoms with E-state index >= 15 is 0 Å². The van der Waals surface area contributed by atoms with Gasteiger partial charge in [-0.15, -0.1) is 0 Å². The number of piperazine rings is 1. The van der Waals surface area contributed by atoms with Crippen LogP contribution in [0.3, 0.4) is 0 Å². The third-order valence-corrected chi connectivity index (χ3v) is 14.5. The van der Waals surface area contributed by atoms with E-state index < -0.39 is 11.9 Å². The molecule has 0 saturated carbocycles. The number of hydrogen-bond acceptors (Lipinski definition) is 14. The smallest absolute Gasteiger partial charge is 0.275 e. The Hall–Kier alpha value is -7.62. The number of likely N-dealkylation sites (tertiary alicyclic amines) is 1. The number of aromatic nitrogens is 6. The largest absolute Gasteiger partial charge is 0.490 e. The Kier molecular flexibility index (Phi) is 13.8. The number of hydrogen-bond donors (Lipinski definition) is 1. The van der Waals surface area contributed by atoms with E-state index in [0.717, 1.165) is 92.7 Å². The molecule has 3 amide bonds. The van der Waals surface area contributed by atoms with Gasteiger partial charge in [-0.1, -0.05) is 36.4 Å². The maximum absolute atomic E-state index is 13.6. The second kappa shape index (κ2) is 20.8. The van der Waals surface area contributed by atoms with E-state index in [1.807, 2.05) is 60.4 Å². The average molecular weight is 957 g/mol. The van der Waals surface area contributed by atoms with Crippen LogP contribution in [0.4, 0.5) is 5.69 Å². The molecule has 18 nitrogen and oxygen atoms in total. The van der Waals surface area contributed by atoms with Crippen LogP contribution in [0.1, 0.15) is 61.4 Å². The van der Waals surface area contributed by atoms with Gasteiger partial charge in [-0.3, -0.25) is 39.1 Å². The lowest BCUT2D eigenvalue weighted by atomic mass is 9.97. The second-order valence-corrected chi connectivity index (χ2v) is 19.0. The molecule has 4 aliphatic heterocycles. The van der Waals surface area contributed by atoms with E-state index in [1.165, 1.54) is 15.4 Å². The highest BCUT2D eigenvalue weighted by atomic mass is 16.5. The number of carbonyl (C=O) groups is 3. The van der Waals surface area contributed by atoms with Crippen molar-refractivity contribution in [2.45, 2.75) is 64.1 Å². The van der Waals surface area contributed by atoms with Crippen LogP contribution in [0.25, 0.3) is 33.4 Å². The monoisotopic (exact) mass is 956 g/mol. The normalized spacial score (nSPS) is 18.6. The topological polar surface area (TPSA) is 205 Å². The number of nitrogens with one attached hydrogen (secondary N) is 1. The molecule has 18 heteroatoms. The minimum absolute atomic E-state index is 0.173. The van der Waals surface area contributed by atoms with E-state index in [0.29, 0.717) is 72.1 Å². The summed E-state index contributed by atoms with van der Waals surface area (Å²) in [4.78, 5) is 82.5. The summed E-state index contributed by atoms with van der Waals surface area (Å²) in [6.07, 6.45) is 7.53. The minimum atomic E-state index is -0.806. The standard InChI is InChI=1S/C53H56N12O6/c1-35-44-9-8-42(28-45(44)53(70)65(58-35)47-11-12-48(66)57-52(47)69)61-20-16-41(17-21-61)62-24-22-60(23-25-62)33-50(68)63-18-14-36(15-19-63)34-71-43-30-55-51(56-31-43)40-7-3-5-38(27-40)32-64-49(67)13-10-46(59-64)39-6-2-4-37(26-39)29-54/h2-10,13,26-28,30-31,36,41,47H,11-12,14-25,32-34H2,1H3,(H,57,66,69). The Balaban J connectivity index is 0.645. The number of fused-ring (bicyclic) bond motifs is 1. The van der Waals surface area contributed by atoms with Gasteiger partial charge < -0.3 is 14.5 Å². The Morgan fingerprint density at radius 2 is 1.55 bits per heavy atom. The van der Waals surface area contributed by atoms with Gasteiger partial charge in [0.25, 0.3) is 17.0 Å². The van der Waals surface area contributed by atoms with Gasteiger partial charge in [-0.05, 0) is 86.9 Å². The fourth-order valence-corrected chi connectivity index (χ4v) is 10.3. The number of imide groups is 1. The lowest BCUT2D eigenvalue weighted by Crippen LogP contribution is -2.55. The van der Waals surface area contributed by atoms with Gasteiger partial charge in [0, 0.05) is 93.1 Å². The van der Waals surface area contributed by atoms with Crippen LogP contribution >= 0.6 is 0 Å². The van der Waals surface area contributed by atoms with Gasteiger partial charge in [0.05, 0.1) is 60.5 Å². The zero-order valence-electron chi connectivity index (χ0n) is 39.8. The van der Waals surface area contributed by atoms with E-state index in [-0.39, 0.29) is 42.3 Å². The van der Waals surface area contributed by atoms with Crippen LogP contribution in [0.5, 0.6) is 5.75 Å². The van der Waals surface area contributed by atoms with Crippen LogP contribution in [-0.4, -0.2) is 134 Å². The number of aryl methyl sites for hydroxylation is 1. The molecule has 1 unspecified atom stereocenters. The number of anilines is 1. The molecule has 71 heavy (non-hydrogen) atoms. The Labute approximate surface area is 410 Å². The molecule has 6 aromatic rings. The molecule has 7 heterocycles. The number of nitrogens with zero attached hydrogens (tertiary/aromatic N) is 11. The first-order valence-electron chi connectivity index (χ1n) is 24.5. The Morgan fingerprint density at radius 1 is 0.789 bits per heavy atom. The molecule has 3 aromatic heterocycles. The van der Waals surface area contributed by atoms with Crippen LogP contribution < -0.4 is 26.1 Å². The predicted octanol–water partition coefficient (Wildman–Crippen LogP) is 4.19. The highest BCUT2D eigenvalue weighted by Gasteiger charge is 2.32. The highest BCUT2D eigenvalue weighted by Crippen LogP contribution is 2.28. The maximum Gasteiger partial charge on any atom is 0.275 e. The summed E-state index contributed by atoms with van der Waals surface area (Å²) in [5, 5.41) is 22.0. The molecule has 4 saturated heterocycles. The fourth-order valence-electron chi connectivity index (χ4n) is 10.3. The molecule has 0 radical (unpaired) electrons. The molecule has 1 N–H and O–H groups in total. The molecular formula is C53H56N12O6. The summed E-state index contributed by atoms with van der Waals surface area (Å²) < 4.78 is 8.79. The highest BCUT2D eigenvalue weighted by molar-refractivity contribution is 5.99. The zero-order valence-corrected chi connectivity index (χ0v) is 39.8. The maximum atomic E-state index is 13.6. The van der Waals surface area contributed by atoms with Crippen molar-refractivity contribution in [1.29, 1.82) is 5.26 Å². The Bertz CT molecular complexity index is 3130. The summed E-state index contributed by atoms with van der Waals surface area (Å²) in [6.45, 7) is 9.76. The summed E-state index contributed by atoms with van der Waals surface area (Å²) in [5.41, 5.74) is 4.63. The molecule has 364 valence electrons. The molecule has 4 aliphatic rings. The number of rotatable bonds is 12. The van der Waals surface area contributed by atoms with E-state index in [1.54, 1.807) is 36.7 Å². The van der Waals surface area contributed by atoms with Crippen molar-refractivity contribution in [3.8, 4) is 34.5 Å². The quantitative estimate of drug-likeness (QED) is 0.171. The third-order valence-electron chi connectivity index (χ3n) is 14.5. The van der Waals surface area contributed by atoms with Gasteiger partial charge in [-0.25, -0.2) is 19.3 Å². The third kappa shape index (κ3) is 10.6. The average Bonchev–Trinajstić information content (AvgIpc) is 3.40. The van der Waals surface area contributed by atoms with Crippen LogP contribution in [0.2, 0.25) is 0 Å². The van der Waals surface area contributed by atoms with Crippen LogP contribution in [-0.2, 0) is 20.9 Å². The van der Waals surface area contributed by atoms with Gasteiger partial charge in [0.2, 0.25) is 11.8 Å². The Morgan fingerprint density at radius 3 is 2.31 bits per heavy atom. The number of amides is 3. The van der Waals surface area contributed by atoms with E-state index in [4.69, 9.17) is 4.74 Å². The molecule has 4 fully saturated rings. The molecule has 0 bridgehead atoms. The molecule has 10 rings (SSSR count). The van der Waals surface area contributed by atoms with Crippen molar-refractivity contribution < 1.29 is 19.1 Å². The van der Waals surface area contributed by atoms with Gasteiger partial charge >= 0.3 is 0 Å². The zero-order chi connectivity index (χ0) is 49.0. The SMILES string of the molecule is Cc1nn(C2CCC(=O)NC2=O)c(=O)c2cc(N3CCC(N4CCN(CC(=O)N5CCC(COc6cnc(-c7cccc(Cn8nc(-c9cccc(C#N)c9)ccc8=O)c7)nc6)CC5)CC4)CC3)ccc12. The van der Waals surface area contributed by atoms with Crippen LogP contribution in [0.15, 0.2) is 101 Å². The number of piperidine rings is 3. The molecule has 0 spiro atoms. The van der Waals surface area contributed by atoms with Gasteiger partial charge in [0.1, 0.15) is 6.04 Å². The lowest BCUT2D eigenvalue weighted by molar-refractivity contribution is -0.136. The molecule has 0 aliphatic carbocycles. The van der Waals surface area contributed by atoms with Crippen molar-refractivity contribution in [3.05, 3.63) is 129 Å². The summed E-state index contributed by atoms with van der Waals surface area (Å²) >= 11 is 0. The van der Waals surface area contributed by atoms with Crippen LogP contribution in [0, 0.1) is 24.2 Å². The second-order valence-electron chi connectivity index (χ2n) is 19.0. The number of carbonyl (C=O) groups excluding carboxylic acids is 3. The van der Waals surface area contributed by atoms with Gasteiger partial charge in [-0.2, -0.15) is 15.5 Å². The van der Waals surface area contributed by atoms with E-state index in [2.05, 4.69) is 46.3 Å². The molecule has 1 atom stereocenters. The van der Waals surface area contributed by atoms with Crippen molar-refractivity contribution in [2.75, 3.05) is 70.4 Å². The summed E-state index contributed by atoms with van der Waals surface area (Å²) in [5.74, 6) is 0.802. The molecular weight excluding hydrogens is 901 g/mol. The van der Waals surface area contributed by atoms with E-state index in [9.17, 15) is 29.2 Å². The minimum Gasteiger partial charge on any atom is -0.490 e. The van der Waals surface area contributed by atoms with Gasteiger partial charge in [0.15, 0.2) is 11.6 Å². The lowest BCUT2D eigenvalue weighted by Gasteiger charge is -2.43. The predicted molar refractivity (Wildman–Crippen MR) is 265 cm³/mol. The first-order chi connectivity index (χ1) is 34.5. The molecule has 3 aromatic carbocycles. The first kappa shape index (κ1) is 47.1. The number of ether oxygens (including phenoxy) is 1. The number of nitriles is 1. The van der Waals surface area contributed by atoms with Crippen molar-refractivity contribution in [1.82, 2.24) is 49.5 Å². The number of benzene rings is 3. The van der Waals surface area contributed by atoms with Crippen molar-refractivity contribution in [2.24, 2.45) is 5.92 Å². The fraction of sp³-hybridized carbons (Fsp3) is 0.396. The first-order valence-corrected chi connectivity index (χ1v) is 24.5. The summed E-state index contributed by atoms with van der Waals surface area (Å²) in [6, 6.07) is 25.7. The van der Waals surface area contributed by atoms with Crippen molar-refractivity contribution in [3.63, 3.8) is 0 Å². The summed E-state index contributed by atoms with van der Waals surface area (Å²) in [7, 11) is 0. The van der Waals surface area contributed by atoms with Crippen molar-refractivity contribution >= 4 is 34.2 Å².